The third-order valence-electron chi connectivity index (χ3n) is 3.11. The van der Waals surface area contributed by atoms with E-state index in [1.807, 2.05) is 24.3 Å². The van der Waals surface area contributed by atoms with Gasteiger partial charge in [-0.25, -0.2) is 0 Å². The maximum Gasteiger partial charge on any atom is 0.118 e. The summed E-state index contributed by atoms with van der Waals surface area (Å²) in [6.45, 7) is 3.76. The summed E-state index contributed by atoms with van der Waals surface area (Å²) in [5.74, 6) is 0.886. The first kappa shape index (κ1) is 13.9. The second-order valence-electron chi connectivity index (χ2n) is 4.52. The average molecular weight is 276 g/mol. The third kappa shape index (κ3) is 3.98. The van der Waals surface area contributed by atoms with Crippen LogP contribution in [0.5, 0.6) is 5.75 Å². The van der Waals surface area contributed by atoms with Crippen molar-refractivity contribution in [1.82, 2.24) is 5.32 Å². The van der Waals surface area contributed by atoms with E-state index < -0.39 is 0 Å². The zero-order chi connectivity index (χ0) is 13.7. The molecule has 0 heterocycles. The molecule has 100 valence electrons. The van der Waals surface area contributed by atoms with Crippen LogP contribution in [0.15, 0.2) is 42.5 Å². The Kier molecular flexibility index (Phi) is 4.83. The molecule has 1 N–H and O–H groups in total. The largest absolute Gasteiger partial charge is 0.497 e. The Morgan fingerprint density at radius 2 is 1.79 bits per heavy atom. The molecule has 0 radical (unpaired) electrons. The van der Waals surface area contributed by atoms with Crippen LogP contribution in [-0.2, 0) is 13.1 Å². The fourth-order valence-electron chi connectivity index (χ4n) is 1.94. The van der Waals surface area contributed by atoms with Crippen LogP contribution in [0.4, 0.5) is 0 Å². The topological polar surface area (TPSA) is 21.3 Å². The van der Waals surface area contributed by atoms with Crippen LogP contribution in [0.1, 0.15) is 16.7 Å². The van der Waals surface area contributed by atoms with Crippen molar-refractivity contribution < 1.29 is 4.74 Å². The number of aryl methyl sites for hydroxylation is 1. The SMILES string of the molecule is COc1ccc(CNCc2ccc(Cl)cc2C)cc1. The molecule has 2 rings (SSSR count). The molecule has 2 aromatic rings. The number of methoxy groups -OCH3 is 1. The summed E-state index contributed by atoms with van der Waals surface area (Å²) in [6.07, 6.45) is 0. The first-order chi connectivity index (χ1) is 9.19. The van der Waals surface area contributed by atoms with Gasteiger partial charge in [-0.1, -0.05) is 29.8 Å². The van der Waals surface area contributed by atoms with E-state index in [0.717, 1.165) is 23.9 Å². The number of benzene rings is 2. The Balaban J connectivity index is 1.88. The number of hydrogen-bond donors (Lipinski definition) is 1. The summed E-state index contributed by atoms with van der Waals surface area (Å²) < 4.78 is 5.14. The molecule has 0 atom stereocenters. The van der Waals surface area contributed by atoms with Crippen molar-refractivity contribution >= 4 is 11.6 Å². The van der Waals surface area contributed by atoms with Gasteiger partial charge in [0.2, 0.25) is 0 Å². The number of halogens is 1. The summed E-state index contributed by atoms with van der Waals surface area (Å²) in [5.41, 5.74) is 3.74. The Hall–Kier alpha value is -1.51. The maximum absolute atomic E-state index is 5.94. The minimum Gasteiger partial charge on any atom is -0.497 e. The second kappa shape index (κ2) is 6.60. The van der Waals surface area contributed by atoms with E-state index in [9.17, 15) is 0 Å². The van der Waals surface area contributed by atoms with Crippen LogP contribution in [0.2, 0.25) is 5.02 Å². The minimum absolute atomic E-state index is 0.788. The molecule has 0 fully saturated rings. The smallest absolute Gasteiger partial charge is 0.118 e. The lowest BCUT2D eigenvalue weighted by Gasteiger charge is -2.09. The molecule has 0 aliphatic carbocycles. The van der Waals surface area contributed by atoms with Crippen molar-refractivity contribution in [3.05, 3.63) is 64.2 Å². The van der Waals surface area contributed by atoms with E-state index in [4.69, 9.17) is 16.3 Å². The predicted molar refractivity (Wildman–Crippen MR) is 79.7 cm³/mol. The van der Waals surface area contributed by atoms with Crippen LogP contribution < -0.4 is 10.1 Å². The highest BCUT2D eigenvalue weighted by Crippen LogP contribution is 2.15. The third-order valence-corrected chi connectivity index (χ3v) is 3.34. The Morgan fingerprint density at radius 1 is 1.05 bits per heavy atom. The van der Waals surface area contributed by atoms with Crippen LogP contribution in [0, 0.1) is 6.92 Å². The molecule has 3 heteroatoms. The molecular weight excluding hydrogens is 258 g/mol. The fourth-order valence-corrected chi connectivity index (χ4v) is 2.17. The molecule has 0 aliphatic heterocycles. The quantitative estimate of drug-likeness (QED) is 0.892. The summed E-state index contributed by atoms with van der Waals surface area (Å²) >= 11 is 5.94. The van der Waals surface area contributed by atoms with E-state index in [0.29, 0.717) is 0 Å². The molecule has 0 saturated carbocycles. The van der Waals surface area contributed by atoms with Gasteiger partial charge in [0.1, 0.15) is 5.75 Å². The van der Waals surface area contributed by atoms with E-state index >= 15 is 0 Å². The summed E-state index contributed by atoms with van der Waals surface area (Å²) in [5, 5.41) is 4.22. The van der Waals surface area contributed by atoms with Crippen molar-refractivity contribution in [2.45, 2.75) is 20.0 Å². The van der Waals surface area contributed by atoms with Gasteiger partial charge in [-0.2, -0.15) is 0 Å². The highest BCUT2D eigenvalue weighted by atomic mass is 35.5. The van der Waals surface area contributed by atoms with Gasteiger partial charge in [0.25, 0.3) is 0 Å². The standard InChI is InChI=1S/C16H18ClNO/c1-12-9-15(17)6-5-14(12)11-18-10-13-3-7-16(19-2)8-4-13/h3-9,18H,10-11H2,1-2H3. The first-order valence-electron chi connectivity index (χ1n) is 6.27. The predicted octanol–water partition coefficient (Wildman–Crippen LogP) is 3.95. The fraction of sp³-hybridized carbons (Fsp3) is 0.250. The van der Waals surface area contributed by atoms with Gasteiger partial charge < -0.3 is 10.1 Å². The van der Waals surface area contributed by atoms with Crippen molar-refractivity contribution in [3.63, 3.8) is 0 Å². The van der Waals surface area contributed by atoms with Crippen LogP contribution in [0.25, 0.3) is 0 Å². The number of rotatable bonds is 5. The maximum atomic E-state index is 5.94. The highest BCUT2D eigenvalue weighted by Gasteiger charge is 1.99. The van der Waals surface area contributed by atoms with Crippen molar-refractivity contribution in [3.8, 4) is 5.75 Å². The highest BCUT2D eigenvalue weighted by molar-refractivity contribution is 6.30. The second-order valence-corrected chi connectivity index (χ2v) is 4.96. The molecule has 0 bridgehead atoms. The molecule has 0 aromatic heterocycles. The molecular formula is C16H18ClNO. The lowest BCUT2D eigenvalue weighted by atomic mass is 10.1. The van der Waals surface area contributed by atoms with Crippen LogP contribution in [-0.4, -0.2) is 7.11 Å². The molecule has 0 saturated heterocycles. The Morgan fingerprint density at radius 3 is 2.42 bits per heavy atom. The zero-order valence-corrected chi connectivity index (χ0v) is 12.0. The summed E-state index contributed by atoms with van der Waals surface area (Å²) in [4.78, 5) is 0. The summed E-state index contributed by atoms with van der Waals surface area (Å²) in [7, 11) is 1.68. The lowest BCUT2D eigenvalue weighted by Crippen LogP contribution is -2.13. The van der Waals surface area contributed by atoms with Crippen LogP contribution in [0.3, 0.4) is 0 Å². The number of nitrogens with one attached hydrogen (secondary N) is 1. The van der Waals surface area contributed by atoms with Crippen LogP contribution >= 0.6 is 11.6 Å². The van der Waals surface area contributed by atoms with Gasteiger partial charge in [-0.05, 0) is 47.9 Å². The molecule has 2 nitrogen and oxygen atoms in total. The Labute approximate surface area is 119 Å². The molecule has 19 heavy (non-hydrogen) atoms. The van der Waals surface area contributed by atoms with Crippen molar-refractivity contribution in [2.24, 2.45) is 0 Å². The van der Waals surface area contributed by atoms with E-state index in [1.54, 1.807) is 7.11 Å². The molecule has 2 aromatic carbocycles. The van der Waals surface area contributed by atoms with Gasteiger partial charge >= 0.3 is 0 Å². The van der Waals surface area contributed by atoms with Gasteiger partial charge in [-0.15, -0.1) is 0 Å². The molecule has 0 spiro atoms. The summed E-state index contributed by atoms with van der Waals surface area (Å²) in [6, 6.07) is 14.1. The first-order valence-corrected chi connectivity index (χ1v) is 6.65. The van der Waals surface area contributed by atoms with Gasteiger partial charge in [0.05, 0.1) is 7.11 Å². The number of hydrogen-bond acceptors (Lipinski definition) is 2. The normalized spacial score (nSPS) is 10.5. The molecule has 0 unspecified atom stereocenters. The monoisotopic (exact) mass is 275 g/mol. The van der Waals surface area contributed by atoms with E-state index in [1.165, 1.54) is 16.7 Å². The zero-order valence-electron chi connectivity index (χ0n) is 11.2. The Bertz CT molecular complexity index is 537. The molecule has 0 aliphatic rings. The van der Waals surface area contributed by atoms with Gasteiger partial charge in [-0.3, -0.25) is 0 Å². The van der Waals surface area contributed by atoms with E-state index in [-0.39, 0.29) is 0 Å². The van der Waals surface area contributed by atoms with E-state index in [2.05, 4.69) is 30.4 Å². The average Bonchev–Trinajstić information content (AvgIpc) is 2.42. The lowest BCUT2D eigenvalue weighted by molar-refractivity contribution is 0.414. The van der Waals surface area contributed by atoms with Gasteiger partial charge in [0, 0.05) is 18.1 Å². The molecule has 0 amide bonds. The van der Waals surface area contributed by atoms with Gasteiger partial charge in [0.15, 0.2) is 0 Å². The minimum atomic E-state index is 0.788. The van der Waals surface area contributed by atoms with Crippen molar-refractivity contribution in [1.29, 1.82) is 0 Å². The number of ether oxygens (including phenoxy) is 1. The van der Waals surface area contributed by atoms with Crippen molar-refractivity contribution in [2.75, 3.05) is 7.11 Å².